The Labute approximate surface area is 77.2 Å². The standard InChI is InChI=1S/C8H16N2O3/c1-13-7-4-5(9)2-3-6(7)10-8(11)12/h5-7,10H,2-4,9H2,1H3,(H,11,12)/t5-,6-,7-/m0/s1. The molecule has 5 nitrogen and oxygen atoms in total. The van der Waals surface area contributed by atoms with Gasteiger partial charge >= 0.3 is 6.09 Å². The lowest BCUT2D eigenvalue weighted by atomic mass is 9.89. The topological polar surface area (TPSA) is 84.6 Å². The van der Waals surface area contributed by atoms with Crippen molar-refractivity contribution in [2.24, 2.45) is 5.73 Å². The molecule has 0 aromatic rings. The number of carbonyl (C=O) groups is 1. The number of methoxy groups -OCH3 is 1. The van der Waals surface area contributed by atoms with Crippen LogP contribution in [0, 0.1) is 0 Å². The summed E-state index contributed by atoms with van der Waals surface area (Å²) in [6.45, 7) is 0. The summed E-state index contributed by atoms with van der Waals surface area (Å²) in [5.41, 5.74) is 5.74. The molecule has 0 aliphatic heterocycles. The van der Waals surface area contributed by atoms with Crippen LogP contribution in [0.4, 0.5) is 4.79 Å². The molecule has 0 unspecified atom stereocenters. The molecular weight excluding hydrogens is 172 g/mol. The third kappa shape index (κ3) is 2.86. The van der Waals surface area contributed by atoms with E-state index in [9.17, 15) is 4.79 Å². The average Bonchev–Trinajstić information content (AvgIpc) is 2.07. The molecule has 0 radical (unpaired) electrons. The number of carboxylic acid groups (broad SMARTS) is 1. The zero-order valence-corrected chi connectivity index (χ0v) is 7.69. The van der Waals surface area contributed by atoms with Gasteiger partial charge in [-0.1, -0.05) is 0 Å². The van der Waals surface area contributed by atoms with E-state index in [1.165, 1.54) is 0 Å². The second-order valence-corrected chi connectivity index (χ2v) is 3.40. The number of rotatable bonds is 2. The first-order chi connectivity index (χ1) is 6.13. The molecule has 0 saturated heterocycles. The fourth-order valence-electron chi connectivity index (χ4n) is 1.74. The van der Waals surface area contributed by atoms with E-state index in [1.807, 2.05) is 0 Å². The van der Waals surface area contributed by atoms with E-state index in [0.717, 1.165) is 19.3 Å². The summed E-state index contributed by atoms with van der Waals surface area (Å²) in [7, 11) is 1.58. The molecular formula is C8H16N2O3. The van der Waals surface area contributed by atoms with Crippen LogP contribution in [0.15, 0.2) is 0 Å². The molecule has 0 heterocycles. The third-order valence-electron chi connectivity index (χ3n) is 2.44. The van der Waals surface area contributed by atoms with Gasteiger partial charge in [-0.25, -0.2) is 4.79 Å². The fourth-order valence-corrected chi connectivity index (χ4v) is 1.74. The molecule has 0 aromatic carbocycles. The quantitative estimate of drug-likeness (QED) is 0.576. The maximum Gasteiger partial charge on any atom is 0.404 e. The Morgan fingerprint density at radius 1 is 1.62 bits per heavy atom. The molecule has 1 saturated carbocycles. The van der Waals surface area contributed by atoms with Gasteiger partial charge in [-0.05, 0) is 19.3 Å². The van der Waals surface area contributed by atoms with Crippen molar-refractivity contribution in [1.82, 2.24) is 5.32 Å². The molecule has 1 rings (SSSR count). The molecule has 5 heteroatoms. The lowest BCUT2D eigenvalue weighted by molar-refractivity contribution is 0.0361. The first-order valence-electron chi connectivity index (χ1n) is 4.41. The number of nitrogens with one attached hydrogen (secondary N) is 1. The van der Waals surface area contributed by atoms with Crippen LogP contribution < -0.4 is 11.1 Å². The monoisotopic (exact) mass is 188 g/mol. The number of amides is 1. The van der Waals surface area contributed by atoms with Gasteiger partial charge in [-0.15, -0.1) is 0 Å². The van der Waals surface area contributed by atoms with Crippen molar-refractivity contribution in [3.8, 4) is 0 Å². The lowest BCUT2D eigenvalue weighted by Crippen LogP contribution is -2.49. The van der Waals surface area contributed by atoms with Crippen LogP contribution in [0.1, 0.15) is 19.3 Å². The Balaban J connectivity index is 2.47. The summed E-state index contributed by atoms with van der Waals surface area (Å²) in [6, 6.07) is 0.0269. The van der Waals surface area contributed by atoms with Crippen LogP contribution in [0.25, 0.3) is 0 Å². The Morgan fingerprint density at radius 3 is 2.85 bits per heavy atom. The minimum Gasteiger partial charge on any atom is -0.465 e. The number of hydrogen-bond acceptors (Lipinski definition) is 3. The Bertz CT molecular complexity index is 186. The predicted octanol–water partition coefficient (Wildman–Crippen LogP) is 0.149. The van der Waals surface area contributed by atoms with Gasteiger partial charge in [0.15, 0.2) is 0 Å². The largest absolute Gasteiger partial charge is 0.465 e. The molecule has 3 atom stereocenters. The van der Waals surface area contributed by atoms with Crippen LogP contribution in [0.2, 0.25) is 0 Å². The Morgan fingerprint density at radius 2 is 2.31 bits per heavy atom. The summed E-state index contributed by atoms with van der Waals surface area (Å²) < 4.78 is 5.17. The van der Waals surface area contributed by atoms with E-state index < -0.39 is 6.09 Å². The van der Waals surface area contributed by atoms with Crippen molar-refractivity contribution in [3.05, 3.63) is 0 Å². The first-order valence-corrected chi connectivity index (χ1v) is 4.41. The van der Waals surface area contributed by atoms with Crippen LogP contribution in [0.5, 0.6) is 0 Å². The molecule has 0 aromatic heterocycles. The van der Waals surface area contributed by atoms with Crippen molar-refractivity contribution in [1.29, 1.82) is 0 Å². The van der Waals surface area contributed by atoms with Gasteiger partial charge in [0.1, 0.15) is 0 Å². The summed E-state index contributed by atoms with van der Waals surface area (Å²) in [5, 5.41) is 11.0. The Kier molecular flexibility index (Phi) is 3.50. The maximum atomic E-state index is 10.4. The summed E-state index contributed by atoms with van der Waals surface area (Å²) in [5.74, 6) is 0. The zero-order valence-electron chi connectivity index (χ0n) is 7.69. The smallest absolute Gasteiger partial charge is 0.404 e. The van der Waals surface area contributed by atoms with Gasteiger partial charge in [0.2, 0.25) is 0 Å². The van der Waals surface area contributed by atoms with E-state index in [1.54, 1.807) is 7.11 Å². The lowest BCUT2D eigenvalue weighted by Gasteiger charge is -2.33. The summed E-state index contributed by atoms with van der Waals surface area (Å²) in [4.78, 5) is 10.4. The van der Waals surface area contributed by atoms with Crippen molar-refractivity contribution < 1.29 is 14.6 Å². The molecule has 0 bridgehead atoms. The van der Waals surface area contributed by atoms with Gasteiger partial charge in [-0.2, -0.15) is 0 Å². The van der Waals surface area contributed by atoms with Crippen LogP contribution in [-0.2, 0) is 4.74 Å². The van der Waals surface area contributed by atoms with Crippen molar-refractivity contribution in [2.45, 2.75) is 37.5 Å². The minimum absolute atomic E-state index is 0.0835. The second-order valence-electron chi connectivity index (χ2n) is 3.40. The Hall–Kier alpha value is -0.810. The number of nitrogens with two attached hydrogens (primary N) is 1. The van der Waals surface area contributed by atoms with E-state index >= 15 is 0 Å². The van der Waals surface area contributed by atoms with E-state index in [4.69, 9.17) is 15.6 Å². The highest BCUT2D eigenvalue weighted by Crippen LogP contribution is 2.19. The predicted molar refractivity (Wildman–Crippen MR) is 47.6 cm³/mol. The molecule has 1 fully saturated rings. The molecule has 1 amide bonds. The van der Waals surface area contributed by atoms with Gasteiger partial charge in [0.05, 0.1) is 12.1 Å². The molecule has 76 valence electrons. The average molecular weight is 188 g/mol. The fraction of sp³-hybridized carbons (Fsp3) is 0.875. The molecule has 1 aliphatic rings. The van der Waals surface area contributed by atoms with Gasteiger partial charge in [0, 0.05) is 13.2 Å². The van der Waals surface area contributed by atoms with Crippen LogP contribution >= 0.6 is 0 Å². The summed E-state index contributed by atoms with van der Waals surface area (Å²) in [6.07, 6.45) is 1.25. The number of ether oxygens (including phenoxy) is 1. The van der Waals surface area contributed by atoms with Gasteiger partial charge in [-0.3, -0.25) is 0 Å². The third-order valence-corrected chi connectivity index (χ3v) is 2.44. The van der Waals surface area contributed by atoms with E-state index in [2.05, 4.69) is 5.32 Å². The minimum atomic E-state index is -0.998. The SMILES string of the molecule is CO[C@H]1C[C@@H](N)CC[C@@H]1NC(=O)O. The highest BCUT2D eigenvalue weighted by Gasteiger charge is 2.29. The highest BCUT2D eigenvalue weighted by atomic mass is 16.5. The molecule has 0 spiro atoms. The van der Waals surface area contributed by atoms with E-state index in [-0.39, 0.29) is 18.2 Å². The second kappa shape index (κ2) is 4.43. The van der Waals surface area contributed by atoms with Crippen molar-refractivity contribution >= 4 is 6.09 Å². The molecule has 1 aliphatic carbocycles. The normalized spacial score (nSPS) is 34.2. The van der Waals surface area contributed by atoms with Crippen LogP contribution in [-0.4, -0.2) is 36.5 Å². The first kappa shape index (κ1) is 10.3. The van der Waals surface area contributed by atoms with Gasteiger partial charge in [0.25, 0.3) is 0 Å². The van der Waals surface area contributed by atoms with E-state index in [0.29, 0.717) is 0 Å². The van der Waals surface area contributed by atoms with Crippen molar-refractivity contribution in [3.63, 3.8) is 0 Å². The molecule has 4 N–H and O–H groups in total. The van der Waals surface area contributed by atoms with Crippen LogP contribution in [0.3, 0.4) is 0 Å². The zero-order chi connectivity index (χ0) is 9.84. The van der Waals surface area contributed by atoms with Crippen molar-refractivity contribution in [2.75, 3.05) is 7.11 Å². The highest BCUT2D eigenvalue weighted by molar-refractivity contribution is 5.64. The summed E-state index contributed by atoms with van der Waals surface area (Å²) >= 11 is 0. The number of hydrogen-bond donors (Lipinski definition) is 3. The maximum absolute atomic E-state index is 10.4. The van der Waals surface area contributed by atoms with Gasteiger partial charge < -0.3 is 20.9 Å². The molecule has 13 heavy (non-hydrogen) atoms.